The van der Waals surface area contributed by atoms with Crippen LogP contribution in [0.2, 0.25) is 0 Å². The number of carbonyl (C=O) groups excluding carboxylic acids is 1. The number of nitrogens with zero attached hydrogens (tertiary/aromatic N) is 2. The van der Waals surface area contributed by atoms with Gasteiger partial charge in [-0.05, 0) is 49.6 Å². The first kappa shape index (κ1) is 20.9. The molecule has 0 bridgehead atoms. The number of amides is 1. The summed E-state index contributed by atoms with van der Waals surface area (Å²) in [7, 11) is 1.66. The maximum atomic E-state index is 11.1. The number of piperidine rings is 1. The monoisotopic (exact) mass is 398 g/mol. The highest BCUT2D eigenvalue weighted by atomic mass is 16.5. The maximum Gasteiger partial charge on any atom is 0.222 e. The molecule has 2 N–H and O–H groups in total. The average Bonchev–Trinajstić information content (AvgIpc) is 2.71. The number of aromatic nitrogens is 1. The highest BCUT2D eigenvalue weighted by molar-refractivity contribution is 5.87. The van der Waals surface area contributed by atoms with Gasteiger partial charge in [-0.3, -0.25) is 9.69 Å². The van der Waals surface area contributed by atoms with Crippen molar-refractivity contribution >= 4 is 17.4 Å². The zero-order valence-corrected chi connectivity index (χ0v) is 17.4. The molecule has 1 saturated heterocycles. The number of rotatable bonds is 8. The third-order valence-electron chi connectivity index (χ3n) is 4.96. The Hall–Kier alpha value is -2.80. The number of likely N-dealkylation sites (tertiary alicyclic amines) is 1. The largest absolute Gasteiger partial charge is 0.493 e. The quantitative estimate of drug-likeness (QED) is 0.709. The van der Waals surface area contributed by atoms with E-state index in [9.17, 15) is 4.79 Å². The number of hydrogen-bond donors (Lipinski definition) is 2. The van der Waals surface area contributed by atoms with E-state index in [4.69, 9.17) is 9.47 Å². The smallest absolute Gasteiger partial charge is 0.222 e. The molecular weight excluding hydrogens is 368 g/mol. The van der Waals surface area contributed by atoms with E-state index in [-0.39, 0.29) is 5.91 Å². The second-order valence-corrected chi connectivity index (χ2v) is 7.23. The number of benzene rings is 1. The van der Waals surface area contributed by atoms with Crippen LogP contribution in [0.25, 0.3) is 0 Å². The Kier molecular flexibility index (Phi) is 7.30. The van der Waals surface area contributed by atoms with Crippen molar-refractivity contribution in [2.75, 3.05) is 37.4 Å². The molecule has 156 valence electrons. The summed E-state index contributed by atoms with van der Waals surface area (Å²) in [5.74, 6) is 2.04. The zero-order chi connectivity index (χ0) is 20.6. The van der Waals surface area contributed by atoms with Crippen LogP contribution in [0.1, 0.15) is 32.3 Å². The van der Waals surface area contributed by atoms with Crippen molar-refractivity contribution in [1.82, 2.24) is 9.88 Å². The molecule has 0 aliphatic carbocycles. The van der Waals surface area contributed by atoms with Gasteiger partial charge in [0.2, 0.25) is 5.91 Å². The van der Waals surface area contributed by atoms with Gasteiger partial charge >= 0.3 is 0 Å². The highest BCUT2D eigenvalue weighted by Crippen LogP contribution is 2.29. The van der Waals surface area contributed by atoms with Crippen molar-refractivity contribution in [2.24, 2.45) is 0 Å². The SMILES string of the molecule is CCOc1cc(CN2CCC(Nc3ccc(NC(C)=O)nc3)CC2)ccc1OC. The van der Waals surface area contributed by atoms with Crippen molar-refractivity contribution in [3.63, 3.8) is 0 Å². The van der Waals surface area contributed by atoms with E-state index >= 15 is 0 Å². The Morgan fingerprint density at radius 3 is 2.62 bits per heavy atom. The number of methoxy groups -OCH3 is 1. The number of anilines is 2. The van der Waals surface area contributed by atoms with Crippen LogP contribution in [-0.2, 0) is 11.3 Å². The summed E-state index contributed by atoms with van der Waals surface area (Å²) in [6, 6.07) is 10.4. The molecule has 1 aliphatic heterocycles. The second kappa shape index (κ2) is 10.1. The van der Waals surface area contributed by atoms with E-state index in [1.54, 1.807) is 13.3 Å². The van der Waals surface area contributed by atoms with Crippen molar-refractivity contribution in [1.29, 1.82) is 0 Å². The first-order valence-corrected chi connectivity index (χ1v) is 10.1. The lowest BCUT2D eigenvalue weighted by molar-refractivity contribution is -0.114. The molecule has 29 heavy (non-hydrogen) atoms. The fraction of sp³-hybridized carbons (Fsp3) is 0.455. The fourth-order valence-electron chi connectivity index (χ4n) is 3.55. The topological polar surface area (TPSA) is 75.7 Å². The van der Waals surface area contributed by atoms with Gasteiger partial charge in [0.1, 0.15) is 5.82 Å². The summed E-state index contributed by atoms with van der Waals surface area (Å²) < 4.78 is 11.1. The minimum Gasteiger partial charge on any atom is -0.493 e. The van der Waals surface area contributed by atoms with Crippen LogP contribution in [0.3, 0.4) is 0 Å². The van der Waals surface area contributed by atoms with E-state index in [0.29, 0.717) is 18.5 Å². The molecule has 2 heterocycles. The molecule has 1 aromatic carbocycles. The summed E-state index contributed by atoms with van der Waals surface area (Å²) in [6.45, 7) is 7.05. The molecule has 3 rings (SSSR count). The predicted molar refractivity (Wildman–Crippen MR) is 115 cm³/mol. The van der Waals surface area contributed by atoms with Crippen LogP contribution in [0.4, 0.5) is 11.5 Å². The lowest BCUT2D eigenvalue weighted by Gasteiger charge is -2.33. The molecule has 7 heteroatoms. The lowest BCUT2D eigenvalue weighted by atomic mass is 10.0. The van der Waals surface area contributed by atoms with Gasteiger partial charge in [-0.2, -0.15) is 0 Å². The summed E-state index contributed by atoms with van der Waals surface area (Å²) >= 11 is 0. The number of pyridine rings is 1. The molecule has 0 radical (unpaired) electrons. The second-order valence-electron chi connectivity index (χ2n) is 7.23. The Labute approximate surface area is 172 Å². The highest BCUT2D eigenvalue weighted by Gasteiger charge is 2.19. The first-order chi connectivity index (χ1) is 14.1. The third-order valence-corrected chi connectivity index (χ3v) is 4.96. The molecule has 1 fully saturated rings. The first-order valence-electron chi connectivity index (χ1n) is 10.1. The number of ether oxygens (including phenoxy) is 2. The molecule has 1 aromatic heterocycles. The van der Waals surface area contributed by atoms with Gasteiger partial charge in [0.15, 0.2) is 11.5 Å². The van der Waals surface area contributed by atoms with Crippen LogP contribution in [0.15, 0.2) is 36.5 Å². The molecule has 0 atom stereocenters. The average molecular weight is 399 g/mol. The summed E-state index contributed by atoms with van der Waals surface area (Å²) in [5.41, 5.74) is 2.22. The fourth-order valence-corrected chi connectivity index (χ4v) is 3.55. The Bertz CT molecular complexity index is 802. The molecule has 1 aliphatic rings. The third kappa shape index (κ3) is 6.09. The summed E-state index contributed by atoms with van der Waals surface area (Å²) in [6.07, 6.45) is 3.91. The zero-order valence-electron chi connectivity index (χ0n) is 17.4. The van der Waals surface area contributed by atoms with Gasteiger partial charge in [0.05, 0.1) is 25.6 Å². The predicted octanol–water partition coefficient (Wildman–Crippen LogP) is 3.52. The Balaban J connectivity index is 1.49. The normalized spacial score (nSPS) is 15.0. The molecule has 0 spiro atoms. The van der Waals surface area contributed by atoms with Crippen molar-refractivity contribution in [2.45, 2.75) is 39.3 Å². The van der Waals surface area contributed by atoms with Crippen LogP contribution >= 0.6 is 0 Å². The standard InChI is InChI=1S/C22H30N4O3/c1-4-29-21-13-17(5-7-20(21)28-3)15-26-11-9-18(10-12-26)25-19-6-8-22(23-14-19)24-16(2)27/h5-8,13-14,18,25H,4,9-12,15H2,1-3H3,(H,23,24,27). The van der Waals surface area contributed by atoms with Gasteiger partial charge in [-0.1, -0.05) is 6.07 Å². The van der Waals surface area contributed by atoms with Gasteiger partial charge in [-0.15, -0.1) is 0 Å². The van der Waals surface area contributed by atoms with E-state index in [2.05, 4.69) is 32.7 Å². The van der Waals surface area contributed by atoms with Gasteiger partial charge in [0, 0.05) is 32.6 Å². The molecule has 0 saturated carbocycles. The molecule has 1 amide bonds. The molecular formula is C22H30N4O3. The van der Waals surface area contributed by atoms with Gasteiger partial charge < -0.3 is 20.1 Å². The number of nitrogens with one attached hydrogen (secondary N) is 2. The summed E-state index contributed by atoms with van der Waals surface area (Å²) in [4.78, 5) is 17.8. The van der Waals surface area contributed by atoms with Crippen molar-refractivity contribution in [3.8, 4) is 11.5 Å². The molecule has 0 unspecified atom stereocenters. The van der Waals surface area contributed by atoms with E-state index in [1.165, 1.54) is 12.5 Å². The van der Waals surface area contributed by atoms with Gasteiger partial charge in [0.25, 0.3) is 0 Å². The maximum absolute atomic E-state index is 11.1. The van der Waals surface area contributed by atoms with E-state index in [1.807, 2.05) is 25.1 Å². The number of carbonyl (C=O) groups is 1. The van der Waals surface area contributed by atoms with E-state index < -0.39 is 0 Å². The lowest BCUT2D eigenvalue weighted by Crippen LogP contribution is -2.38. The van der Waals surface area contributed by atoms with Gasteiger partial charge in [-0.25, -0.2) is 4.98 Å². The molecule has 2 aromatic rings. The Morgan fingerprint density at radius 2 is 2.00 bits per heavy atom. The minimum absolute atomic E-state index is 0.115. The van der Waals surface area contributed by atoms with E-state index in [0.717, 1.165) is 49.7 Å². The van der Waals surface area contributed by atoms with Crippen LogP contribution in [-0.4, -0.2) is 48.6 Å². The van der Waals surface area contributed by atoms with Crippen LogP contribution in [0.5, 0.6) is 11.5 Å². The minimum atomic E-state index is -0.115. The summed E-state index contributed by atoms with van der Waals surface area (Å²) in [5, 5.41) is 6.23. The van der Waals surface area contributed by atoms with Crippen molar-refractivity contribution in [3.05, 3.63) is 42.1 Å². The Morgan fingerprint density at radius 1 is 1.21 bits per heavy atom. The molecule has 7 nitrogen and oxygen atoms in total. The van der Waals surface area contributed by atoms with Crippen molar-refractivity contribution < 1.29 is 14.3 Å². The number of hydrogen-bond acceptors (Lipinski definition) is 6. The van der Waals surface area contributed by atoms with Crippen LogP contribution in [0, 0.1) is 0 Å². The van der Waals surface area contributed by atoms with Crippen LogP contribution < -0.4 is 20.1 Å².